The van der Waals surface area contributed by atoms with Gasteiger partial charge in [0.15, 0.2) is 0 Å². The number of nitrogens with zero attached hydrogens (tertiary/aromatic N) is 1. The van der Waals surface area contributed by atoms with Crippen molar-refractivity contribution in [3.8, 4) is 0 Å². The van der Waals surface area contributed by atoms with E-state index in [-0.39, 0.29) is 29.4 Å². The minimum Gasteiger partial charge on any atom is -0.332 e. The molecule has 2 atom stereocenters. The zero-order valence-corrected chi connectivity index (χ0v) is 13.3. The van der Waals surface area contributed by atoms with E-state index in [0.717, 1.165) is 24.8 Å². The van der Waals surface area contributed by atoms with Crippen molar-refractivity contribution in [1.82, 2.24) is 9.62 Å². The first kappa shape index (κ1) is 15.2. The summed E-state index contributed by atoms with van der Waals surface area (Å²) >= 11 is 0. The molecular weight excluding hydrogens is 300 g/mol. The third kappa shape index (κ3) is 2.94. The topological polar surface area (TPSA) is 66.5 Å². The largest absolute Gasteiger partial charge is 0.332 e. The Morgan fingerprint density at radius 2 is 2.18 bits per heavy atom. The number of amides is 1. The molecule has 1 N–H and O–H groups in total. The van der Waals surface area contributed by atoms with Crippen molar-refractivity contribution < 1.29 is 13.2 Å². The van der Waals surface area contributed by atoms with Crippen LogP contribution in [0.15, 0.2) is 41.3 Å². The molecule has 22 heavy (non-hydrogen) atoms. The molecule has 1 aromatic carbocycles. The van der Waals surface area contributed by atoms with Gasteiger partial charge in [-0.25, -0.2) is 13.1 Å². The third-order valence-corrected chi connectivity index (χ3v) is 5.71. The fourth-order valence-corrected chi connectivity index (χ4v) is 4.31. The summed E-state index contributed by atoms with van der Waals surface area (Å²) in [7, 11) is -3.65. The Morgan fingerprint density at radius 3 is 2.91 bits per heavy atom. The lowest BCUT2D eigenvalue weighted by atomic mass is 10.1. The summed E-state index contributed by atoms with van der Waals surface area (Å²) in [5.41, 5.74) is 0.869. The van der Waals surface area contributed by atoms with E-state index in [9.17, 15) is 13.2 Å². The average molecular weight is 320 g/mol. The maximum atomic E-state index is 12.4. The zero-order chi connectivity index (χ0) is 15.7. The van der Waals surface area contributed by atoms with Crippen LogP contribution in [0.4, 0.5) is 0 Å². The normalized spacial score (nSPS) is 23.8. The van der Waals surface area contributed by atoms with Crippen LogP contribution in [0.5, 0.6) is 0 Å². The average Bonchev–Trinajstić information content (AvgIpc) is 2.74. The van der Waals surface area contributed by atoms with E-state index in [1.807, 2.05) is 17.9 Å². The van der Waals surface area contributed by atoms with E-state index in [2.05, 4.69) is 16.9 Å². The summed E-state index contributed by atoms with van der Waals surface area (Å²) < 4.78 is 26.9. The van der Waals surface area contributed by atoms with Crippen molar-refractivity contribution in [2.45, 2.75) is 43.2 Å². The van der Waals surface area contributed by atoms with Gasteiger partial charge in [0.05, 0.1) is 17.5 Å². The lowest BCUT2D eigenvalue weighted by molar-refractivity contribution is -0.132. The molecule has 1 fully saturated rings. The molecule has 0 aliphatic carbocycles. The fourth-order valence-electron chi connectivity index (χ4n) is 3.23. The van der Waals surface area contributed by atoms with E-state index >= 15 is 0 Å². The summed E-state index contributed by atoms with van der Waals surface area (Å²) in [6.07, 6.45) is 7.00. The van der Waals surface area contributed by atoms with Gasteiger partial charge in [-0.05, 0) is 43.9 Å². The Kier molecular flexibility index (Phi) is 4.06. The van der Waals surface area contributed by atoms with Gasteiger partial charge in [-0.1, -0.05) is 24.3 Å². The minimum absolute atomic E-state index is 0.134. The monoisotopic (exact) mass is 320 g/mol. The number of benzene rings is 1. The van der Waals surface area contributed by atoms with E-state index in [0.29, 0.717) is 0 Å². The summed E-state index contributed by atoms with van der Waals surface area (Å²) in [5.74, 6) is -0.145. The van der Waals surface area contributed by atoms with Crippen LogP contribution in [0, 0.1) is 6.92 Å². The van der Waals surface area contributed by atoms with Gasteiger partial charge in [0, 0.05) is 6.04 Å². The molecule has 6 heteroatoms. The van der Waals surface area contributed by atoms with Crippen LogP contribution in [0.2, 0.25) is 0 Å². The molecular formula is C16H20N2O3S. The minimum atomic E-state index is -3.65. The molecule has 2 unspecified atom stereocenters. The number of carbonyl (C=O) groups is 1. The van der Waals surface area contributed by atoms with Gasteiger partial charge in [0.1, 0.15) is 0 Å². The molecule has 2 aliphatic rings. The van der Waals surface area contributed by atoms with Gasteiger partial charge in [-0.15, -0.1) is 0 Å². The third-order valence-electron chi connectivity index (χ3n) is 4.31. The lowest BCUT2D eigenvalue weighted by Gasteiger charge is -2.31. The smallest absolute Gasteiger partial charge is 0.241 e. The predicted molar refractivity (Wildman–Crippen MR) is 83.8 cm³/mol. The standard InChI is InChI=1S/C16H20N2O3S/c1-12-4-2-7-15(10-12)22(20,21)17-11-16(19)18-13-5-3-6-14(18)9-8-13/h2-5,7,10,13-14,17H,6,8-9,11H2,1H3. The first-order chi connectivity index (χ1) is 10.5. The van der Waals surface area contributed by atoms with Crippen molar-refractivity contribution in [2.24, 2.45) is 0 Å². The van der Waals surface area contributed by atoms with Crippen LogP contribution in [0.1, 0.15) is 24.8 Å². The fraction of sp³-hybridized carbons (Fsp3) is 0.438. The molecule has 0 aromatic heterocycles. The maximum absolute atomic E-state index is 12.4. The van der Waals surface area contributed by atoms with Crippen LogP contribution in [-0.4, -0.2) is 37.9 Å². The summed E-state index contributed by atoms with van der Waals surface area (Å²) in [6.45, 7) is 1.65. The first-order valence-corrected chi connectivity index (χ1v) is 9.00. The van der Waals surface area contributed by atoms with Crippen molar-refractivity contribution in [1.29, 1.82) is 0 Å². The Balaban J connectivity index is 1.67. The SMILES string of the molecule is Cc1cccc(S(=O)(=O)NCC(=O)N2C3C=CCC2CC3)c1. The highest BCUT2D eigenvalue weighted by Gasteiger charge is 2.37. The quantitative estimate of drug-likeness (QED) is 0.857. The molecule has 3 rings (SSSR count). The molecule has 0 saturated carbocycles. The van der Waals surface area contributed by atoms with Crippen LogP contribution >= 0.6 is 0 Å². The molecule has 1 amide bonds. The lowest BCUT2D eigenvalue weighted by Crippen LogP contribution is -2.47. The Bertz CT molecular complexity index is 712. The summed E-state index contributed by atoms with van der Waals surface area (Å²) in [6, 6.07) is 7.03. The summed E-state index contributed by atoms with van der Waals surface area (Å²) in [5, 5.41) is 0. The Labute approximate surface area is 131 Å². The molecule has 1 saturated heterocycles. The number of fused-ring (bicyclic) bond motifs is 2. The number of nitrogens with one attached hydrogen (secondary N) is 1. The number of aryl methyl sites for hydroxylation is 1. The van der Waals surface area contributed by atoms with E-state index in [4.69, 9.17) is 0 Å². The van der Waals surface area contributed by atoms with E-state index in [1.165, 1.54) is 6.07 Å². The highest BCUT2D eigenvalue weighted by atomic mass is 32.2. The second kappa shape index (κ2) is 5.85. The molecule has 0 spiro atoms. The van der Waals surface area contributed by atoms with Gasteiger partial charge < -0.3 is 4.90 Å². The van der Waals surface area contributed by atoms with Crippen LogP contribution in [0.3, 0.4) is 0 Å². The van der Waals surface area contributed by atoms with Crippen LogP contribution in [-0.2, 0) is 14.8 Å². The van der Waals surface area contributed by atoms with E-state index < -0.39 is 10.0 Å². The van der Waals surface area contributed by atoms with E-state index in [1.54, 1.807) is 12.1 Å². The number of rotatable bonds is 4. The highest BCUT2D eigenvalue weighted by molar-refractivity contribution is 7.89. The maximum Gasteiger partial charge on any atom is 0.241 e. The van der Waals surface area contributed by atoms with Gasteiger partial charge >= 0.3 is 0 Å². The molecule has 2 bridgehead atoms. The molecule has 2 heterocycles. The highest BCUT2D eigenvalue weighted by Crippen LogP contribution is 2.31. The number of hydrogen-bond donors (Lipinski definition) is 1. The molecule has 1 aromatic rings. The van der Waals surface area contributed by atoms with Crippen molar-refractivity contribution >= 4 is 15.9 Å². The first-order valence-electron chi connectivity index (χ1n) is 7.51. The Morgan fingerprint density at radius 1 is 1.36 bits per heavy atom. The predicted octanol–water partition coefficient (Wildman–Crippen LogP) is 1.59. The van der Waals surface area contributed by atoms with Crippen molar-refractivity contribution in [2.75, 3.05) is 6.54 Å². The molecule has 118 valence electrons. The number of sulfonamides is 1. The number of carbonyl (C=O) groups excluding carboxylic acids is 1. The van der Waals surface area contributed by atoms with Crippen LogP contribution < -0.4 is 4.72 Å². The van der Waals surface area contributed by atoms with Gasteiger partial charge in [-0.2, -0.15) is 0 Å². The second-order valence-corrected chi connectivity index (χ2v) is 7.67. The van der Waals surface area contributed by atoms with Crippen LogP contribution in [0.25, 0.3) is 0 Å². The second-order valence-electron chi connectivity index (χ2n) is 5.90. The van der Waals surface area contributed by atoms with Gasteiger partial charge in [0.25, 0.3) is 0 Å². The molecule has 5 nitrogen and oxygen atoms in total. The van der Waals surface area contributed by atoms with Gasteiger partial charge in [-0.3, -0.25) is 4.79 Å². The molecule has 0 radical (unpaired) electrons. The molecule has 2 aliphatic heterocycles. The number of hydrogen-bond acceptors (Lipinski definition) is 3. The van der Waals surface area contributed by atoms with Gasteiger partial charge in [0.2, 0.25) is 15.9 Å². The van der Waals surface area contributed by atoms with Crippen molar-refractivity contribution in [3.63, 3.8) is 0 Å². The summed E-state index contributed by atoms with van der Waals surface area (Å²) in [4.78, 5) is 14.4. The van der Waals surface area contributed by atoms with Crippen molar-refractivity contribution in [3.05, 3.63) is 42.0 Å². The Hall–Kier alpha value is -1.66. The zero-order valence-electron chi connectivity index (χ0n) is 12.5.